The zero-order valence-corrected chi connectivity index (χ0v) is 67.5. The molecule has 0 aromatic rings. The summed E-state index contributed by atoms with van der Waals surface area (Å²) < 4.78 is 55.3. The average Bonchev–Trinajstić information content (AvgIpc) is 0.812. The number of ether oxygens (including phenoxy) is 10. The molecule has 678 valence electrons. The lowest BCUT2D eigenvalue weighted by molar-refractivity contribution is -0.366. The van der Waals surface area contributed by atoms with Gasteiger partial charge in [0.05, 0.1) is 77.9 Å². The van der Waals surface area contributed by atoms with Crippen LogP contribution in [0.4, 0.5) is 0 Å². The molecular formula is C73H130N8O36. The highest BCUT2D eigenvalue weighted by Crippen LogP contribution is 2.32. The molecule has 7 amide bonds. The van der Waals surface area contributed by atoms with Crippen LogP contribution in [0.5, 0.6) is 0 Å². The monoisotopic (exact) mass is 1690 g/mol. The van der Waals surface area contributed by atoms with Crippen LogP contribution in [0.25, 0.3) is 0 Å². The van der Waals surface area contributed by atoms with E-state index in [0.29, 0.717) is 77.0 Å². The standard InChI is InChI=1S/C65H114N8O34.2C4H8O/c1-4-34(76)13-8-9-15-40(78)72-35(60(97)71-18-10-5-7-14-39(77)68-19-22-98-61-54(92)50(88)45(83)32(2)102-61)25-41(79)66-16-11-6-12-17-67-42(80)26-73(27-43(81)69-20-23-99-62-55(93)51(89)46(84)33(3)103-62)28-44(82)70-21-24-100-64-58(96)59(107-65-57(95)53(91)48(86)37(30-75)105-65)49(87)38(106-64)31-101-63-56(94)52(90)47(85)36(29-74)104-63;2*1-3-4(2)5/h32-33,35-38,45-59,61-65,74-75,83-96H,4-31H2,1-3H3,(H,66,79)(H,67,80)(H,68,77)(H,69,81)(H,70,82)(H,71,97)(H,72,78);2*3H2,1-2H3/t32-,33-,35-,36+,37+,38+,45+,46+,47+,48+,49+,50+,51+,52-,53-,54-,55-,56-,57-,58-,59-,61+,62+,63-,64-,65+;;/m0../s1. The maximum absolute atomic E-state index is 13.5. The van der Waals surface area contributed by atoms with E-state index in [1.807, 2.05) is 13.8 Å². The van der Waals surface area contributed by atoms with Crippen molar-refractivity contribution in [1.29, 1.82) is 0 Å². The van der Waals surface area contributed by atoms with E-state index in [2.05, 4.69) is 37.2 Å². The number of amides is 7. The van der Waals surface area contributed by atoms with E-state index in [9.17, 15) is 130 Å². The highest BCUT2D eigenvalue weighted by atomic mass is 16.8. The summed E-state index contributed by atoms with van der Waals surface area (Å²) in [5, 5.41) is 184. The lowest BCUT2D eigenvalue weighted by Crippen LogP contribution is -2.65. The number of nitrogens with one attached hydrogen (secondary N) is 7. The molecule has 0 unspecified atom stereocenters. The van der Waals surface area contributed by atoms with E-state index in [-0.39, 0.29) is 88.6 Å². The van der Waals surface area contributed by atoms with Crippen molar-refractivity contribution in [2.24, 2.45) is 0 Å². The molecule has 44 heteroatoms. The fourth-order valence-electron chi connectivity index (χ4n) is 11.8. The van der Waals surface area contributed by atoms with Crippen molar-refractivity contribution >= 4 is 58.7 Å². The van der Waals surface area contributed by atoms with E-state index in [4.69, 9.17) is 47.4 Å². The number of unbranched alkanes of at least 4 members (excludes halogenated alkanes) is 5. The van der Waals surface area contributed by atoms with E-state index in [1.165, 1.54) is 18.7 Å². The van der Waals surface area contributed by atoms with Crippen molar-refractivity contribution < 1.29 is 177 Å². The highest BCUT2D eigenvalue weighted by Gasteiger charge is 2.53. The minimum atomic E-state index is -2.02. The molecule has 5 rings (SSSR count). The van der Waals surface area contributed by atoms with Gasteiger partial charge in [0.25, 0.3) is 0 Å². The number of hydrogen-bond donors (Lipinski definition) is 23. The maximum Gasteiger partial charge on any atom is 0.243 e. The number of rotatable bonds is 49. The third-order valence-electron chi connectivity index (χ3n) is 19.3. The largest absolute Gasteiger partial charge is 0.394 e. The smallest absolute Gasteiger partial charge is 0.243 e. The summed E-state index contributed by atoms with van der Waals surface area (Å²) in [5.74, 6) is -3.52. The molecule has 5 fully saturated rings. The van der Waals surface area contributed by atoms with E-state index in [1.54, 1.807) is 20.8 Å². The molecule has 26 atom stereocenters. The van der Waals surface area contributed by atoms with Gasteiger partial charge in [-0.05, 0) is 72.6 Å². The van der Waals surface area contributed by atoms with Crippen LogP contribution >= 0.6 is 0 Å². The summed E-state index contributed by atoms with van der Waals surface area (Å²) in [5.41, 5.74) is 0. The van der Waals surface area contributed by atoms with Gasteiger partial charge in [0.15, 0.2) is 31.5 Å². The minimum absolute atomic E-state index is 0.00240. The van der Waals surface area contributed by atoms with Gasteiger partial charge < -0.3 is 176 Å². The van der Waals surface area contributed by atoms with Gasteiger partial charge in [-0.2, -0.15) is 0 Å². The first-order chi connectivity index (χ1) is 55.4. The van der Waals surface area contributed by atoms with Crippen LogP contribution in [0, 0.1) is 0 Å². The number of hydrogen-bond acceptors (Lipinski definition) is 37. The first-order valence-corrected chi connectivity index (χ1v) is 39.7. The Hall–Kier alpha value is -5.78. The maximum atomic E-state index is 13.5. The van der Waals surface area contributed by atoms with Crippen LogP contribution in [0.1, 0.15) is 145 Å². The molecule has 117 heavy (non-hydrogen) atoms. The Balaban J connectivity index is 0.00000332. The van der Waals surface area contributed by atoms with Crippen molar-refractivity contribution in [3.05, 3.63) is 0 Å². The Morgan fingerprint density at radius 2 is 0.718 bits per heavy atom. The molecule has 23 N–H and O–H groups in total. The lowest BCUT2D eigenvalue weighted by atomic mass is 9.96. The molecule has 5 aliphatic rings. The van der Waals surface area contributed by atoms with Crippen molar-refractivity contribution in [2.75, 3.05) is 98.5 Å². The number of aliphatic hydroxyl groups is 16. The number of Topliss-reactive ketones (excluding diaryl/α,β-unsaturated/α-hetero) is 3. The van der Waals surface area contributed by atoms with Crippen LogP contribution in [0.15, 0.2) is 0 Å². The Morgan fingerprint density at radius 1 is 0.359 bits per heavy atom. The molecule has 5 heterocycles. The first kappa shape index (κ1) is 105. The molecule has 0 aromatic carbocycles. The molecule has 0 radical (unpaired) electrons. The van der Waals surface area contributed by atoms with E-state index >= 15 is 0 Å². The molecule has 0 aliphatic carbocycles. The number of carbonyl (C=O) groups is 10. The number of ketones is 3. The predicted molar refractivity (Wildman–Crippen MR) is 401 cm³/mol. The van der Waals surface area contributed by atoms with Gasteiger partial charge in [0.1, 0.15) is 133 Å². The second-order valence-electron chi connectivity index (χ2n) is 28.9. The molecule has 5 saturated heterocycles. The second-order valence-corrected chi connectivity index (χ2v) is 28.9. The molecule has 44 nitrogen and oxygen atoms in total. The molecule has 0 saturated carbocycles. The molecule has 0 spiro atoms. The SMILES string of the molecule is CCC(=O)CCCCC(=O)N[C@@H](CC(=O)NCCCCCNC(=O)CN(CC(=O)NCCO[C@@H]1O[C@@H](C)[C@@H](O)[C@@H](O)[C@@H]1O)CC(=O)NCCO[C@H]1O[C@H](CO[C@H]2O[C@H](CO)[C@@H](O)[C@H](O)[C@@H]2O)[C@@H](O)[C@H](O[C@H]2O[C@H](CO)[C@@H](O)[C@H](O)[C@@H]2O)[C@@H]1O)C(=O)NCCCCCC(=O)NCCO[C@@H]1O[C@@H](C)[C@@H](O)[C@@H](O)[C@@H]1O.CCC(C)=O.CCC(C)=O. The zero-order chi connectivity index (χ0) is 87.6. The van der Waals surface area contributed by atoms with Crippen LogP contribution in [-0.2, 0) is 95.3 Å². The fourth-order valence-corrected chi connectivity index (χ4v) is 11.8. The lowest BCUT2D eigenvalue weighted by Gasteiger charge is -2.46. The Labute approximate surface area is 678 Å². The van der Waals surface area contributed by atoms with Crippen LogP contribution in [-0.4, -0.2) is 403 Å². The zero-order valence-electron chi connectivity index (χ0n) is 67.5. The first-order valence-electron chi connectivity index (χ1n) is 39.7. The summed E-state index contributed by atoms with van der Waals surface area (Å²) in [4.78, 5) is 125. The Bertz CT molecular complexity index is 2920. The van der Waals surface area contributed by atoms with Gasteiger partial charge in [-0.25, -0.2) is 0 Å². The number of carbonyl (C=O) groups excluding carboxylic acids is 10. The van der Waals surface area contributed by atoms with Gasteiger partial charge in [0, 0.05) is 77.8 Å². The summed E-state index contributed by atoms with van der Waals surface area (Å²) in [6, 6.07) is -1.25. The summed E-state index contributed by atoms with van der Waals surface area (Å²) in [7, 11) is 0. The second kappa shape index (κ2) is 56.7. The van der Waals surface area contributed by atoms with Crippen molar-refractivity contribution in [3.63, 3.8) is 0 Å². The van der Waals surface area contributed by atoms with E-state index < -0.39 is 247 Å². The minimum Gasteiger partial charge on any atom is -0.394 e. The number of nitrogens with zero attached hydrogens (tertiary/aromatic N) is 1. The van der Waals surface area contributed by atoms with Crippen LogP contribution in [0.3, 0.4) is 0 Å². The van der Waals surface area contributed by atoms with Crippen molar-refractivity contribution in [1.82, 2.24) is 42.1 Å². The predicted octanol–water partition coefficient (Wildman–Crippen LogP) is -9.75. The molecule has 0 bridgehead atoms. The van der Waals surface area contributed by atoms with E-state index in [0.717, 1.165) is 0 Å². The third kappa shape index (κ3) is 38.0. The van der Waals surface area contributed by atoms with Gasteiger partial charge in [-0.15, -0.1) is 0 Å². The Kier molecular flexibility index (Phi) is 51.1. The van der Waals surface area contributed by atoms with Gasteiger partial charge >= 0.3 is 0 Å². The molecule has 5 aliphatic heterocycles. The van der Waals surface area contributed by atoms with Crippen LogP contribution < -0.4 is 37.2 Å². The van der Waals surface area contributed by atoms with Crippen molar-refractivity contribution in [3.8, 4) is 0 Å². The topological polar surface area (TPSA) is 674 Å². The summed E-state index contributed by atoms with van der Waals surface area (Å²) in [6.45, 7) is 6.57. The van der Waals surface area contributed by atoms with Crippen molar-refractivity contribution in [2.45, 2.75) is 304 Å². The summed E-state index contributed by atoms with van der Waals surface area (Å²) >= 11 is 0. The van der Waals surface area contributed by atoms with Gasteiger partial charge in [-0.1, -0.05) is 27.2 Å². The summed E-state index contributed by atoms with van der Waals surface area (Å²) in [6.07, 6.45) is -34.9. The normalized spacial score (nSPS) is 31.2. The molecule has 0 aromatic heterocycles. The Morgan fingerprint density at radius 3 is 1.17 bits per heavy atom. The van der Waals surface area contributed by atoms with Gasteiger partial charge in [0.2, 0.25) is 41.4 Å². The number of aliphatic hydroxyl groups excluding tert-OH is 16. The molecular weight excluding hydrogens is 1560 g/mol. The quantitative estimate of drug-likeness (QED) is 0.0252. The fraction of sp³-hybridized carbons (Fsp3) is 0.863. The highest BCUT2D eigenvalue weighted by molar-refractivity contribution is 5.92. The van der Waals surface area contributed by atoms with Gasteiger partial charge in [-0.3, -0.25) is 43.3 Å². The average molecular weight is 1700 g/mol. The van der Waals surface area contributed by atoms with Crippen LogP contribution in [0.2, 0.25) is 0 Å². The third-order valence-corrected chi connectivity index (χ3v) is 19.3.